The molecule has 0 aromatic heterocycles. The van der Waals surface area contributed by atoms with Gasteiger partial charge in [0.1, 0.15) is 5.75 Å². The van der Waals surface area contributed by atoms with Crippen LogP contribution in [0.15, 0.2) is 24.3 Å². The molecule has 0 aliphatic carbocycles. The summed E-state index contributed by atoms with van der Waals surface area (Å²) in [6.45, 7) is 2.42. The molecule has 140 valence electrons. The summed E-state index contributed by atoms with van der Waals surface area (Å²) in [4.78, 5) is 14.3. The largest absolute Gasteiger partial charge is 0.484 e. The van der Waals surface area contributed by atoms with Gasteiger partial charge in [0.05, 0.1) is 6.04 Å². The minimum Gasteiger partial charge on any atom is -0.484 e. The molecule has 2 amide bonds. The van der Waals surface area contributed by atoms with E-state index in [2.05, 4.69) is 27.3 Å². The molecule has 0 spiro atoms. The second kappa shape index (κ2) is 8.42. The quantitative estimate of drug-likeness (QED) is 0.850. The number of rotatable bonds is 5. The van der Waals surface area contributed by atoms with Gasteiger partial charge in [0.25, 0.3) is 0 Å². The highest BCUT2D eigenvalue weighted by Gasteiger charge is 2.28. The van der Waals surface area contributed by atoms with Crippen molar-refractivity contribution < 1.29 is 22.7 Å². The first kappa shape index (κ1) is 19.4. The Morgan fingerprint density at radius 3 is 2.44 bits per heavy atom. The zero-order valence-electron chi connectivity index (χ0n) is 14.4. The van der Waals surface area contributed by atoms with E-state index in [-0.39, 0.29) is 23.9 Å². The highest BCUT2D eigenvalue weighted by molar-refractivity contribution is 5.74. The fourth-order valence-corrected chi connectivity index (χ4v) is 2.68. The van der Waals surface area contributed by atoms with Gasteiger partial charge < -0.3 is 20.3 Å². The van der Waals surface area contributed by atoms with Crippen LogP contribution in [0.3, 0.4) is 0 Å². The first-order chi connectivity index (χ1) is 11.7. The van der Waals surface area contributed by atoms with Gasteiger partial charge in [-0.15, -0.1) is 0 Å². The third-order valence-corrected chi connectivity index (χ3v) is 4.18. The molecule has 1 heterocycles. The average Bonchev–Trinajstić information content (AvgIpc) is 2.55. The maximum Gasteiger partial charge on any atom is 0.422 e. The molecule has 1 saturated heterocycles. The van der Waals surface area contributed by atoms with Crippen LogP contribution >= 0.6 is 0 Å². The highest BCUT2D eigenvalue weighted by atomic mass is 19.4. The first-order valence-corrected chi connectivity index (χ1v) is 8.28. The molecule has 25 heavy (non-hydrogen) atoms. The van der Waals surface area contributed by atoms with E-state index in [4.69, 9.17) is 0 Å². The maximum absolute atomic E-state index is 12.1. The molecule has 5 nitrogen and oxygen atoms in total. The molecular weight excluding hydrogens is 335 g/mol. The van der Waals surface area contributed by atoms with Gasteiger partial charge in [0, 0.05) is 6.04 Å². The molecule has 1 atom stereocenters. The molecule has 1 aliphatic rings. The van der Waals surface area contributed by atoms with Gasteiger partial charge in [-0.1, -0.05) is 12.1 Å². The Bertz CT molecular complexity index is 555. The maximum atomic E-state index is 12.1. The van der Waals surface area contributed by atoms with Crippen LogP contribution in [0.1, 0.15) is 31.4 Å². The SMILES string of the molecule is CC(NC(=O)NC1CCN(C)CC1)c1ccc(OCC(F)(F)F)cc1. The number of nitrogens with zero attached hydrogens (tertiary/aromatic N) is 1. The number of hydrogen-bond acceptors (Lipinski definition) is 3. The number of halogens is 3. The number of benzene rings is 1. The van der Waals surface area contributed by atoms with Gasteiger partial charge in [-0.2, -0.15) is 13.2 Å². The summed E-state index contributed by atoms with van der Waals surface area (Å²) in [7, 11) is 2.06. The lowest BCUT2D eigenvalue weighted by Gasteiger charge is -2.29. The number of urea groups is 1. The van der Waals surface area contributed by atoms with Crippen LogP contribution in [-0.4, -0.2) is 49.9 Å². The summed E-state index contributed by atoms with van der Waals surface area (Å²) in [6.07, 6.45) is -2.52. The molecular formula is C17H24F3N3O2. The predicted octanol–water partition coefficient (Wildman–Crippen LogP) is 3.08. The van der Waals surface area contributed by atoms with Crippen LogP contribution in [0, 0.1) is 0 Å². The third-order valence-electron chi connectivity index (χ3n) is 4.18. The fraction of sp³-hybridized carbons (Fsp3) is 0.588. The summed E-state index contributed by atoms with van der Waals surface area (Å²) in [5, 5.41) is 5.81. The van der Waals surface area contributed by atoms with Crippen LogP contribution < -0.4 is 15.4 Å². The van der Waals surface area contributed by atoms with E-state index < -0.39 is 12.8 Å². The number of ether oxygens (including phenoxy) is 1. The zero-order chi connectivity index (χ0) is 18.4. The number of piperidine rings is 1. The minimum atomic E-state index is -4.36. The second-order valence-corrected chi connectivity index (χ2v) is 6.39. The number of nitrogens with one attached hydrogen (secondary N) is 2. The number of carbonyl (C=O) groups is 1. The molecule has 1 aromatic carbocycles. The molecule has 8 heteroatoms. The van der Waals surface area contributed by atoms with Crippen molar-refractivity contribution in [2.45, 2.75) is 38.0 Å². The Balaban J connectivity index is 1.79. The van der Waals surface area contributed by atoms with E-state index in [1.165, 1.54) is 12.1 Å². The normalized spacial score (nSPS) is 17.8. The molecule has 0 radical (unpaired) electrons. The molecule has 2 rings (SSSR count). The summed E-state index contributed by atoms with van der Waals surface area (Å²) < 4.78 is 41.0. The lowest BCUT2D eigenvalue weighted by atomic mass is 10.1. The van der Waals surface area contributed by atoms with Crippen molar-refractivity contribution in [3.8, 4) is 5.75 Å². The van der Waals surface area contributed by atoms with Crippen molar-refractivity contribution in [3.63, 3.8) is 0 Å². The topological polar surface area (TPSA) is 53.6 Å². The number of carbonyl (C=O) groups excluding carboxylic acids is 1. The number of alkyl halides is 3. The monoisotopic (exact) mass is 359 g/mol. The van der Waals surface area contributed by atoms with E-state index in [9.17, 15) is 18.0 Å². The van der Waals surface area contributed by atoms with Gasteiger partial charge >= 0.3 is 12.2 Å². The van der Waals surface area contributed by atoms with Gasteiger partial charge in [-0.3, -0.25) is 0 Å². The Morgan fingerprint density at radius 1 is 1.28 bits per heavy atom. The molecule has 1 aromatic rings. The molecule has 1 aliphatic heterocycles. The number of hydrogen-bond donors (Lipinski definition) is 2. The Labute approximate surface area is 145 Å². The molecule has 1 unspecified atom stereocenters. The van der Waals surface area contributed by atoms with E-state index in [0.717, 1.165) is 31.5 Å². The summed E-state index contributed by atoms with van der Waals surface area (Å²) in [5.74, 6) is 0.143. The standard InChI is InChI=1S/C17H24F3N3O2/c1-12(21-16(24)22-14-7-9-23(2)10-8-14)13-3-5-15(6-4-13)25-11-17(18,19)20/h3-6,12,14H,7-11H2,1-2H3,(H2,21,22,24). The van der Waals surface area contributed by atoms with Crippen LogP contribution in [0.4, 0.5) is 18.0 Å². The van der Waals surface area contributed by atoms with Crippen LogP contribution in [0.5, 0.6) is 5.75 Å². The Hall–Kier alpha value is -1.96. The van der Waals surface area contributed by atoms with Gasteiger partial charge in [-0.05, 0) is 57.6 Å². The van der Waals surface area contributed by atoms with Crippen LogP contribution in [-0.2, 0) is 0 Å². The smallest absolute Gasteiger partial charge is 0.422 e. The minimum absolute atomic E-state index is 0.143. The number of amides is 2. The highest BCUT2D eigenvalue weighted by Crippen LogP contribution is 2.21. The van der Waals surface area contributed by atoms with Crippen LogP contribution in [0.25, 0.3) is 0 Å². The van der Waals surface area contributed by atoms with Crippen molar-refractivity contribution in [1.82, 2.24) is 15.5 Å². The van der Waals surface area contributed by atoms with Gasteiger partial charge in [0.15, 0.2) is 6.61 Å². The van der Waals surface area contributed by atoms with Crippen molar-refractivity contribution in [2.75, 3.05) is 26.7 Å². The average molecular weight is 359 g/mol. The first-order valence-electron chi connectivity index (χ1n) is 8.28. The summed E-state index contributed by atoms with van der Waals surface area (Å²) in [6, 6.07) is 5.89. The lowest BCUT2D eigenvalue weighted by molar-refractivity contribution is -0.153. The van der Waals surface area contributed by atoms with Crippen LogP contribution in [0.2, 0.25) is 0 Å². The van der Waals surface area contributed by atoms with E-state index in [1.54, 1.807) is 12.1 Å². The lowest BCUT2D eigenvalue weighted by Crippen LogP contribution is -2.47. The summed E-state index contributed by atoms with van der Waals surface area (Å²) >= 11 is 0. The van der Waals surface area contributed by atoms with Crippen molar-refractivity contribution in [1.29, 1.82) is 0 Å². The third kappa shape index (κ3) is 6.81. The van der Waals surface area contributed by atoms with E-state index >= 15 is 0 Å². The second-order valence-electron chi connectivity index (χ2n) is 6.39. The predicted molar refractivity (Wildman–Crippen MR) is 88.6 cm³/mol. The van der Waals surface area contributed by atoms with Gasteiger partial charge in [-0.25, -0.2) is 4.79 Å². The Morgan fingerprint density at radius 2 is 1.88 bits per heavy atom. The van der Waals surface area contributed by atoms with Crippen molar-refractivity contribution in [2.24, 2.45) is 0 Å². The van der Waals surface area contributed by atoms with E-state index in [1.807, 2.05) is 6.92 Å². The molecule has 0 saturated carbocycles. The van der Waals surface area contributed by atoms with Gasteiger partial charge in [0.2, 0.25) is 0 Å². The summed E-state index contributed by atoms with van der Waals surface area (Å²) in [5.41, 5.74) is 0.790. The van der Waals surface area contributed by atoms with Crippen molar-refractivity contribution >= 4 is 6.03 Å². The fourth-order valence-electron chi connectivity index (χ4n) is 2.68. The molecule has 1 fully saturated rings. The number of likely N-dealkylation sites (tertiary alicyclic amines) is 1. The van der Waals surface area contributed by atoms with Crippen molar-refractivity contribution in [3.05, 3.63) is 29.8 Å². The Kier molecular flexibility index (Phi) is 6.52. The molecule has 2 N–H and O–H groups in total. The van der Waals surface area contributed by atoms with E-state index in [0.29, 0.717) is 0 Å². The molecule has 0 bridgehead atoms. The zero-order valence-corrected chi connectivity index (χ0v) is 14.4.